The zero-order chi connectivity index (χ0) is 21.3. The molecule has 0 atom stereocenters. The molecule has 0 amide bonds. The van der Waals surface area contributed by atoms with E-state index in [1.165, 1.54) is 7.11 Å². The molecular formula is C26H24O4. The van der Waals surface area contributed by atoms with Crippen molar-refractivity contribution in [3.63, 3.8) is 0 Å². The molecule has 0 aromatic heterocycles. The van der Waals surface area contributed by atoms with Crippen LogP contribution in [0.2, 0.25) is 0 Å². The van der Waals surface area contributed by atoms with Crippen molar-refractivity contribution >= 4 is 18.1 Å². The Morgan fingerprint density at radius 3 is 1.63 bits per heavy atom. The van der Waals surface area contributed by atoms with Gasteiger partial charge in [-0.1, -0.05) is 42.5 Å². The number of ether oxygens (including phenoxy) is 3. The van der Waals surface area contributed by atoms with E-state index in [1.807, 2.05) is 43.3 Å². The van der Waals surface area contributed by atoms with Crippen molar-refractivity contribution in [3.05, 3.63) is 93.4 Å². The summed E-state index contributed by atoms with van der Waals surface area (Å²) in [7, 11) is 4.73. The molecule has 0 unspecified atom stereocenters. The Kier molecular flexibility index (Phi) is 5.08. The van der Waals surface area contributed by atoms with Gasteiger partial charge in [-0.05, 0) is 64.4 Å². The first-order valence-electron chi connectivity index (χ1n) is 9.74. The van der Waals surface area contributed by atoms with Crippen LogP contribution in [0.1, 0.15) is 27.0 Å². The molecule has 4 nitrogen and oxygen atoms in total. The summed E-state index contributed by atoms with van der Waals surface area (Å²) in [6.07, 6.45) is 4.46. The minimum absolute atomic E-state index is 0.324. The summed E-state index contributed by atoms with van der Waals surface area (Å²) in [6, 6.07) is 20.2. The minimum Gasteiger partial charge on any atom is -0.497 e. The Morgan fingerprint density at radius 2 is 1.20 bits per heavy atom. The maximum atomic E-state index is 12.2. The Bertz CT molecular complexity index is 1160. The van der Waals surface area contributed by atoms with Crippen molar-refractivity contribution in [3.8, 4) is 11.5 Å². The van der Waals surface area contributed by atoms with Crippen molar-refractivity contribution < 1.29 is 19.0 Å². The van der Waals surface area contributed by atoms with Crippen LogP contribution >= 0.6 is 0 Å². The molecular weight excluding hydrogens is 376 g/mol. The van der Waals surface area contributed by atoms with Crippen LogP contribution in [0.15, 0.2) is 60.7 Å². The van der Waals surface area contributed by atoms with Gasteiger partial charge in [0.05, 0.1) is 32.3 Å². The predicted octanol–water partition coefficient (Wildman–Crippen LogP) is 3.36. The van der Waals surface area contributed by atoms with Crippen LogP contribution in [0.5, 0.6) is 11.5 Å². The molecule has 0 saturated heterocycles. The lowest BCUT2D eigenvalue weighted by atomic mass is 9.75. The average Bonchev–Trinajstić information content (AvgIpc) is 3.17. The molecule has 0 saturated carbocycles. The van der Waals surface area contributed by atoms with Crippen molar-refractivity contribution in [2.45, 2.75) is 12.3 Å². The standard InChI is InChI=1S/C26H24O4/c1-17-13-18-15-26(20-5-9-22(28-2)10-6-20,21-7-11-23(29-3)12-8-21)16-19(18)14-24(17)25(27)30-4/h5-16H,1-4H3. The van der Waals surface area contributed by atoms with E-state index < -0.39 is 5.41 Å². The SMILES string of the molecule is COC(=O)c1cc2c(cc1C)=CC(c1ccc(OC)cc1)(c1ccc(OC)cc1)C=2. The number of carbonyl (C=O) groups excluding carboxylic acids is 1. The average molecular weight is 400 g/mol. The Balaban J connectivity index is 1.96. The maximum absolute atomic E-state index is 12.2. The third-order valence-electron chi connectivity index (χ3n) is 5.74. The Labute approximate surface area is 176 Å². The molecule has 4 heteroatoms. The normalized spacial score (nSPS) is 13.6. The molecule has 0 aliphatic heterocycles. The Hall–Kier alpha value is -3.53. The monoisotopic (exact) mass is 400 g/mol. The number of hydrogen-bond acceptors (Lipinski definition) is 4. The van der Waals surface area contributed by atoms with Gasteiger partial charge in [-0.2, -0.15) is 0 Å². The molecule has 3 aromatic rings. The molecule has 0 N–H and O–H groups in total. The van der Waals surface area contributed by atoms with E-state index in [0.717, 1.165) is 38.6 Å². The lowest BCUT2D eigenvalue weighted by Crippen LogP contribution is -2.24. The lowest BCUT2D eigenvalue weighted by molar-refractivity contribution is 0.0600. The van der Waals surface area contributed by atoms with Crippen molar-refractivity contribution in [1.29, 1.82) is 0 Å². The summed E-state index contributed by atoms with van der Waals surface area (Å²) < 4.78 is 15.6. The summed E-state index contributed by atoms with van der Waals surface area (Å²) in [5, 5.41) is 2.10. The molecule has 1 aliphatic rings. The summed E-state index contributed by atoms with van der Waals surface area (Å²) in [6.45, 7) is 1.93. The largest absolute Gasteiger partial charge is 0.497 e. The smallest absolute Gasteiger partial charge is 0.338 e. The number of carbonyl (C=O) groups is 1. The summed E-state index contributed by atoms with van der Waals surface area (Å²) >= 11 is 0. The van der Waals surface area contributed by atoms with Crippen molar-refractivity contribution in [2.24, 2.45) is 0 Å². The number of esters is 1. The first-order valence-corrected chi connectivity index (χ1v) is 9.74. The van der Waals surface area contributed by atoms with Crippen LogP contribution in [-0.4, -0.2) is 27.3 Å². The van der Waals surface area contributed by atoms with Gasteiger partial charge in [-0.3, -0.25) is 0 Å². The zero-order valence-electron chi connectivity index (χ0n) is 17.6. The number of methoxy groups -OCH3 is 3. The summed E-state index contributed by atoms with van der Waals surface area (Å²) in [5.74, 6) is 1.29. The second-order valence-electron chi connectivity index (χ2n) is 7.40. The van der Waals surface area contributed by atoms with Crippen LogP contribution in [0.3, 0.4) is 0 Å². The third-order valence-corrected chi connectivity index (χ3v) is 5.74. The van der Waals surface area contributed by atoms with E-state index >= 15 is 0 Å². The van der Waals surface area contributed by atoms with E-state index in [1.54, 1.807) is 14.2 Å². The fourth-order valence-corrected chi connectivity index (χ4v) is 4.09. The number of aryl methyl sites for hydroxylation is 1. The highest BCUT2D eigenvalue weighted by Crippen LogP contribution is 2.38. The maximum Gasteiger partial charge on any atom is 0.338 e. The van der Waals surface area contributed by atoms with Crippen LogP contribution < -0.4 is 19.9 Å². The van der Waals surface area contributed by atoms with E-state index in [-0.39, 0.29) is 5.97 Å². The molecule has 0 radical (unpaired) electrons. The van der Waals surface area contributed by atoms with E-state index in [4.69, 9.17) is 14.2 Å². The van der Waals surface area contributed by atoms with Gasteiger partial charge in [0.25, 0.3) is 0 Å². The molecule has 0 fully saturated rings. The van der Waals surface area contributed by atoms with E-state index in [9.17, 15) is 4.79 Å². The number of fused-ring (bicyclic) bond motifs is 1. The first kappa shape index (κ1) is 19.8. The number of rotatable bonds is 5. The van der Waals surface area contributed by atoms with Gasteiger partial charge >= 0.3 is 5.97 Å². The third kappa shape index (κ3) is 3.24. The van der Waals surface area contributed by atoms with Crippen molar-refractivity contribution in [2.75, 3.05) is 21.3 Å². The highest BCUT2D eigenvalue weighted by Gasteiger charge is 2.32. The molecule has 0 bridgehead atoms. The quantitative estimate of drug-likeness (QED) is 0.616. The topological polar surface area (TPSA) is 44.8 Å². The van der Waals surface area contributed by atoms with Gasteiger partial charge in [-0.25, -0.2) is 4.79 Å². The second-order valence-corrected chi connectivity index (χ2v) is 7.40. The van der Waals surface area contributed by atoms with Gasteiger partial charge in [0.1, 0.15) is 11.5 Å². The van der Waals surface area contributed by atoms with Gasteiger partial charge < -0.3 is 14.2 Å². The van der Waals surface area contributed by atoms with Crippen LogP contribution in [0.25, 0.3) is 12.2 Å². The van der Waals surface area contributed by atoms with Crippen LogP contribution in [0.4, 0.5) is 0 Å². The first-order chi connectivity index (χ1) is 14.5. The number of hydrogen-bond donors (Lipinski definition) is 0. The van der Waals surface area contributed by atoms with Crippen LogP contribution in [-0.2, 0) is 10.2 Å². The Morgan fingerprint density at radius 1 is 0.733 bits per heavy atom. The molecule has 0 spiro atoms. The molecule has 4 rings (SSSR count). The fraction of sp³-hybridized carbons (Fsp3) is 0.192. The minimum atomic E-state index is -0.470. The van der Waals surface area contributed by atoms with Crippen LogP contribution in [0, 0.1) is 6.92 Å². The summed E-state index contributed by atoms with van der Waals surface area (Å²) in [5.41, 5.74) is 3.23. The molecule has 3 aromatic carbocycles. The number of benzene rings is 3. The highest BCUT2D eigenvalue weighted by atomic mass is 16.5. The second kappa shape index (κ2) is 7.71. The molecule has 1 aliphatic carbocycles. The molecule has 30 heavy (non-hydrogen) atoms. The predicted molar refractivity (Wildman–Crippen MR) is 117 cm³/mol. The van der Waals surface area contributed by atoms with E-state index in [2.05, 4.69) is 36.4 Å². The van der Waals surface area contributed by atoms with Crippen molar-refractivity contribution in [1.82, 2.24) is 0 Å². The zero-order valence-corrected chi connectivity index (χ0v) is 17.6. The van der Waals surface area contributed by atoms with Gasteiger partial charge in [0.15, 0.2) is 0 Å². The van der Waals surface area contributed by atoms with Gasteiger partial charge in [-0.15, -0.1) is 0 Å². The fourth-order valence-electron chi connectivity index (χ4n) is 4.09. The lowest BCUT2D eigenvalue weighted by Gasteiger charge is -2.27. The van der Waals surface area contributed by atoms with Gasteiger partial charge in [0.2, 0.25) is 0 Å². The molecule has 152 valence electrons. The van der Waals surface area contributed by atoms with E-state index in [0.29, 0.717) is 5.56 Å². The molecule has 0 heterocycles. The van der Waals surface area contributed by atoms with Gasteiger partial charge in [0, 0.05) is 0 Å². The summed E-state index contributed by atoms with van der Waals surface area (Å²) in [4.78, 5) is 12.2. The highest BCUT2D eigenvalue weighted by molar-refractivity contribution is 5.91.